The van der Waals surface area contributed by atoms with E-state index < -0.39 is 10.2 Å². The molecule has 0 aromatic carbocycles. The Balaban J connectivity index is 3.31. The molecule has 0 aliphatic carbocycles. The minimum Gasteiger partial charge on any atom is -0.274 e. The van der Waals surface area contributed by atoms with Crippen LogP contribution in [0.15, 0.2) is 6.20 Å². The van der Waals surface area contributed by atoms with Gasteiger partial charge in [0.05, 0.1) is 4.92 Å². The van der Waals surface area contributed by atoms with Crippen molar-refractivity contribution in [2.45, 2.75) is 0 Å². The highest BCUT2D eigenvalue weighted by Gasteiger charge is 2.23. The lowest BCUT2D eigenvalue weighted by molar-refractivity contribution is -0.385. The van der Waals surface area contributed by atoms with Gasteiger partial charge in [-0.25, -0.2) is 0 Å². The van der Waals surface area contributed by atoms with Gasteiger partial charge in [0.2, 0.25) is 0 Å². The Morgan fingerprint density at radius 3 is 2.75 bits per heavy atom. The average Bonchev–Trinajstić information content (AvgIpc) is 2.30. The van der Waals surface area contributed by atoms with Gasteiger partial charge >= 0.3 is 5.69 Å². The van der Waals surface area contributed by atoms with Crippen LogP contribution in [-0.4, -0.2) is 19.9 Å². The molecule has 0 aliphatic rings. The van der Waals surface area contributed by atoms with Gasteiger partial charge in [0.15, 0.2) is 5.69 Å². The minimum atomic E-state index is -0.887. The molecule has 12 heavy (non-hydrogen) atoms. The standard InChI is InChI=1S/C5H4ClN3O3/c1-8-4(5(6)10)3(2-7-8)9(11)12/h2H,1H3. The fourth-order valence-corrected chi connectivity index (χ4v) is 1.01. The van der Waals surface area contributed by atoms with Crippen LogP contribution in [0.1, 0.15) is 10.5 Å². The summed E-state index contributed by atoms with van der Waals surface area (Å²) in [6.07, 6.45) is 0.982. The topological polar surface area (TPSA) is 78.0 Å². The Labute approximate surface area is 71.9 Å². The smallest absolute Gasteiger partial charge is 0.274 e. The lowest BCUT2D eigenvalue weighted by Crippen LogP contribution is -2.03. The Bertz CT molecular complexity index is 346. The van der Waals surface area contributed by atoms with E-state index in [-0.39, 0.29) is 11.4 Å². The first kappa shape index (κ1) is 8.66. The number of carbonyl (C=O) groups excluding carboxylic acids is 1. The number of aromatic nitrogens is 2. The molecule has 1 aromatic rings. The highest BCUT2D eigenvalue weighted by atomic mass is 35.5. The lowest BCUT2D eigenvalue weighted by atomic mass is 10.4. The molecule has 0 fully saturated rings. The molecule has 1 aromatic heterocycles. The van der Waals surface area contributed by atoms with Crippen LogP contribution in [-0.2, 0) is 7.05 Å². The molecule has 1 heterocycles. The van der Waals surface area contributed by atoms with Crippen molar-refractivity contribution in [3.05, 3.63) is 22.0 Å². The summed E-state index contributed by atoms with van der Waals surface area (Å²) in [7, 11) is 1.41. The molecule has 0 unspecified atom stereocenters. The molecule has 0 saturated heterocycles. The number of hydrogen-bond acceptors (Lipinski definition) is 4. The van der Waals surface area contributed by atoms with E-state index in [1.54, 1.807) is 0 Å². The van der Waals surface area contributed by atoms with E-state index >= 15 is 0 Å². The largest absolute Gasteiger partial charge is 0.319 e. The van der Waals surface area contributed by atoms with Crippen molar-refractivity contribution in [2.24, 2.45) is 7.05 Å². The van der Waals surface area contributed by atoms with Crippen molar-refractivity contribution in [3.8, 4) is 0 Å². The van der Waals surface area contributed by atoms with Gasteiger partial charge in [-0.2, -0.15) is 5.10 Å². The Kier molecular flexibility index (Phi) is 2.09. The molecular weight excluding hydrogens is 186 g/mol. The highest BCUT2D eigenvalue weighted by Crippen LogP contribution is 2.18. The van der Waals surface area contributed by atoms with Crippen LogP contribution in [0.2, 0.25) is 0 Å². The summed E-state index contributed by atoms with van der Waals surface area (Å²) in [5.74, 6) is 0. The summed E-state index contributed by atoms with van der Waals surface area (Å²) in [5.41, 5.74) is -0.584. The lowest BCUT2D eigenvalue weighted by Gasteiger charge is -1.92. The number of nitro groups is 1. The van der Waals surface area contributed by atoms with Gasteiger partial charge in [-0.3, -0.25) is 19.6 Å². The Morgan fingerprint density at radius 2 is 2.42 bits per heavy atom. The molecule has 7 heteroatoms. The van der Waals surface area contributed by atoms with Crippen molar-refractivity contribution in [1.82, 2.24) is 9.78 Å². The van der Waals surface area contributed by atoms with Crippen LogP contribution < -0.4 is 0 Å². The summed E-state index contributed by atoms with van der Waals surface area (Å²) in [4.78, 5) is 20.2. The zero-order valence-corrected chi connectivity index (χ0v) is 6.78. The van der Waals surface area contributed by atoms with Gasteiger partial charge in [-0.15, -0.1) is 0 Å². The maximum absolute atomic E-state index is 10.7. The number of nitrogens with zero attached hydrogens (tertiary/aromatic N) is 3. The summed E-state index contributed by atoms with van der Waals surface area (Å²) in [6, 6.07) is 0. The van der Waals surface area contributed by atoms with Gasteiger partial charge in [0, 0.05) is 7.05 Å². The number of carbonyl (C=O) groups is 1. The van der Waals surface area contributed by atoms with Gasteiger partial charge in [-0.1, -0.05) is 0 Å². The van der Waals surface area contributed by atoms with E-state index in [1.165, 1.54) is 7.05 Å². The van der Waals surface area contributed by atoms with E-state index in [0.29, 0.717) is 0 Å². The molecule has 0 bridgehead atoms. The molecule has 0 radical (unpaired) electrons. The number of halogens is 1. The third kappa shape index (κ3) is 1.28. The third-order valence-corrected chi connectivity index (χ3v) is 1.48. The average molecular weight is 190 g/mol. The number of hydrogen-bond donors (Lipinski definition) is 0. The van der Waals surface area contributed by atoms with Crippen molar-refractivity contribution >= 4 is 22.5 Å². The fourth-order valence-electron chi connectivity index (χ4n) is 0.787. The maximum atomic E-state index is 10.7. The molecule has 6 nitrogen and oxygen atoms in total. The van der Waals surface area contributed by atoms with Crippen LogP contribution in [0.25, 0.3) is 0 Å². The molecule has 1 rings (SSSR count). The monoisotopic (exact) mass is 189 g/mol. The maximum Gasteiger partial charge on any atom is 0.319 e. The predicted octanol–water partition coefficient (Wildman–Crippen LogP) is 0.707. The molecule has 0 saturated carbocycles. The van der Waals surface area contributed by atoms with Crippen molar-refractivity contribution in [3.63, 3.8) is 0 Å². The number of rotatable bonds is 2. The summed E-state index contributed by atoms with van der Waals surface area (Å²) >= 11 is 5.09. The SMILES string of the molecule is Cn1ncc([N+](=O)[O-])c1C(=O)Cl. The van der Waals surface area contributed by atoms with Crippen molar-refractivity contribution < 1.29 is 9.72 Å². The quantitative estimate of drug-likeness (QED) is 0.390. The number of aryl methyl sites for hydroxylation is 1. The molecular formula is C5H4ClN3O3. The first-order valence-electron chi connectivity index (χ1n) is 2.90. The zero-order valence-electron chi connectivity index (χ0n) is 6.02. The Hall–Kier alpha value is -1.43. The molecule has 0 N–H and O–H groups in total. The highest BCUT2D eigenvalue weighted by molar-refractivity contribution is 6.67. The van der Waals surface area contributed by atoms with E-state index in [4.69, 9.17) is 11.6 Å². The van der Waals surface area contributed by atoms with E-state index in [2.05, 4.69) is 5.10 Å². The third-order valence-electron chi connectivity index (χ3n) is 1.30. The van der Waals surface area contributed by atoms with Crippen molar-refractivity contribution in [1.29, 1.82) is 0 Å². The normalized spacial score (nSPS) is 9.83. The summed E-state index contributed by atoms with van der Waals surface area (Å²) < 4.78 is 1.06. The van der Waals surface area contributed by atoms with Gasteiger partial charge in [0.1, 0.15) is 6.20 Å². The van der Waals surface area contributed by atoms with Crippen LogP contribution in [0.3, 0.4) is 0 Å². The first-order valence-corrected chi connectivity index (χ1v) is 3.28. The van der Waals surface area contributed by atoms with E-state index in [9.17, 15) is 14.9 Å². The molecule has 64 valence electrons. The van der Waals surface area contributed by atoms with Gasteiger partial charge in [0.25, 0.3) is 5.24 Å². The molecule has 0 spiro atoms. The van der Waals surface area contributed by atoms with Gasteiger partial charge < -0.3 is 0 Å². The minimum absolute atomic E-state index is 0.207. The molecule has 0 atom stereocenters. The Morgan fingerprint density at radius 1 is 1.83 bits per heavy atom. The van der Waals surface area contributed by atoms with Crippen LogP contribution in [0.5, 0.6) is 0 Å². The molecule has 0 aliphatic heterocycles. The first-order chi connectivity index (χ1) is 5.54. The van der Waals surface area contributed by atoms with E-state index in [0.717, 1.165) is 10.9 Å². The second-order valence-electron chi connectivity index (χ2n) is 2.03. The molecule has 0 amide bonds. The van der Waals surface area contributed by atoms with Gasteiger partial charge in [-0.05, 0) is 11.6 Å². The summed E-state index contributed by atoms with van der Waals surface area (Å²) in [6.45, 7) is 0. The van der Waals surface area contributed by atoms with Crippen LogP contribution in [0, 0.1) is 10.1 Å². The zero-order chi connectivity index (χ0) is 9.30. The fraction of sp³-hybridized carbons (Fsp3) is 0.200. The van der Waals surface area contributed by atoms with Crippen LogP contribution in [0.4, 0.5) is 5.69 Å². The summed E-state index contributed by atoms with van der Waals surface area (Å²) in [5, 5.41) is 12.9. The predicted molar refractivity (Wildman–Crippen MR) is 40.0 cm³/mol. The second-order valence-corrected chi connectivity index (χ2v) is 2.38. The second kappa shape index (κ2) is 2.90. The van der Waals surface area contributed by atoms with Crippen LogP contribution >= 0.6 is 11.6 Å². The van der Waals surface area contributed by atoms with Crippen molar-refractivity contribution in [2.75, 3.05) is 0 Å². The van der Waals surface area contributed by atoms with E-state index in [1.807, 2.05) is 0 Å².